The van der Waals surface area contributed by atoms with Crippen LogP contribution in [-0.2, 0) is 4.79 Å². The molecule has 25 heavy (non-hydrogen) atoms. The van der Waals surface area contributed by atoms with Crippen molar-refractivity contribution in [2.75, 3.05) is 18.0 Å². The van der Waals surface area contributed by atoms with Crippen LogP contribution in [0.3, 0.4) is 0 Å². The van der Waals surface area contributed by atoms with Crippen molar-refractivity contribution in [2.45, 2.75) is 31.7 Å². The van der Waals surface area contributed by atoms with Gasteiger partial charge in [-0.1, -0.05) is 0 Å². The highest BCUT2D eigenvalue weighted by molar-refractivity contribution is 6.09. The molecular weight excluding hydrogens is 316 g/mol. The number of nitrogens with one attached hydrogen (secondary N) is 2. The second kappa shape index (κ2) is 5.68. The molecule has 2 aliphatic rings. The number of carbonyl (C=O) groups is 1. The number of fused-ring (bicyclic) bond motifs is 3. The van der Waals surface area contributed by atoms with Gasteiger partial charge in [-0.25, -0.2) is 4.98 Å². The highest BCUT2D eigenvalue weighted by Gasteiger charge is 2.31. The Hall–Kier alpha value is -2.70. The third-order valence-corrected chi connectivity index (χ3v) is 5.22. The molecule has 2 fully saturated rings. The molecule has 2 N–H and O–H groups in total. The normalized spacial score (nSPS) is 21.0. The van der Waals surface area contributed by atoms with Crippen molar-refractivity contribution in [3.8, 4) is 0 Å². The van der Waals surface area contributed by atoms with Gasteiger partial charge < -0.3 is 15.2 Å². The summed E-state index contributed by atoms with van der Waals surface area (Å²) in [4.78, 5) is 22.3. The highest BCUT2D eigenvalue weighted by atomic mass is 16.2. The van der Waals surface area contributed by atoms with Gasteiger partial charge in [-0.3, -0.25) is 4.79 Å². The molecular formula is C18H20N6O. The summed E-state index contributed by atoms with van der Waals surface area (Å²) in [7, 11) is 0. The number of carbonyl (C=O) groups excluding carboxylic acids is 1. The standard InChI is InChI=1S/C18H20N6O/c25-18(22-12-3-4-12)11-2-1-7-24(10-11)15-9-21-23-14-8-20-17-13(16(14)15)5-6-19-17/h5-6,8-9,11-12H,1-4,7,10H2,(H,19,20)(H,22,25). The van der Waals surface area contributed by atoms with E-state index in [1.54, 1.807) is 6.20 Å². The van der Waals surface area contributed by atoms with Crippen LogP contribution in [0.1, 0.15) is 25.7 Å². The number of pyridine rings is 1. The summed E-state index contributed by atoms with van der Waals surface area (Å²) in [6.45, 7) is 1.66. The number of amides is 1. The Labute approximate surface area is 144 Å². The van der Waals surface area contributed by atoms with Crippen molar-refractivity contribution in [3.63, 3.8) is 0 Å². The minimum Gasteiger partial charge on any atom is -0.369 e. The Morgan fingerprint density at radius 3 is 3.08 bits per heavy atom. The van der Waals surface area contributed by atoms with Gasteiger partial charge in [0.25, 0.3) is 0 Å². The zero-order valence-electron chi connectivity index (χ0n) is 13.9. The van der Waals surface area contributed by atoms with E-state index in [2.05, 4.69) is 30.4 Å². The molecule has 1 amide bonds. The maximum atomic E-state index is 12.5. The molecule has 5 rings (SSSR count). The molecule has 128 valence electrons. The SMILES string of the molecule is O=C(NC1CC1)C1CCCN(c2cnnc3cnc4[nH]ccc4c23)C1. The Kier molecular flexibility index (Phi) is 3.33. The number of hydrogen-bond donors (Lipinski definition) is 2. The van der Waals surface area contributed by atoms with Gasteiger partial charge in [0.1, 0.15) is 11.2 Å². The second-order valence-corrected chi connectivity index (χ2v) is 7.06. The van der Waals surface area contributed by atoms with Crippen molar-refractivity contribution in [3.05, 3.63) is 24.7 Å². The lowest BCUT2D eigenvalue weighted by molar-refractivity contribution is -0.125. The largest absolute Gasteiger partial charge is 0.369 e. The summed E-state index contributed by atoms with van der Waals surface area (Å²) < 4.78 is 0. The van der Waals surface area contributed by atoms with Crippen molar-refractivity contribution in [1.29, 1.82) is 0 Å². The number of aromatic nitrogens is 4. The first-order valence-electron chi connectivity index (χ1n) is 8.92. The van der Waals surface area contributed by atoms with E-state index in [1.165, 1.54) is 0 Å². The van der Waals surface area contributed by atoms with Crippen LogP contribution in [0.25, 0.3) is 21.9 Å². The Morgan fingerprint density at radius 2 is 2.20 bits per heavy atom. The van der Waals surface area contributed by atoms with Crippen molar-refractivity contribution in [1.82, 2.24) is 25.5 Å². The predicted octanol–water partition coefficient (Wildman–Crippen LogP) is 2.00. The van der Waals surface area contributed by atoms with E-state index in [1.807, 2.05) is 18.5 Å². The lowest BCUT2D eigenvalue weighted by Crippen LogP contribution is -2.43. The highest BCUT2D eigenvalue weighted by Crippen LogP contribution is 2.33. The van der Waals surface area contributed by atoms with Crippen LogP contribution in [-0.4, -0.2) is 45.2 Å². The smallest absolute Gasteiger partial charge is 0.225 e. The Morgan fingerprint density at radius 1 is 1.28 bits per heavy atom. The third kappa shape index (κ3) is 2.59. The molecule has 1 atom stereocenters. The van der Waals surface area contributed by atoms with E-state index in [9.17, 15) is 4.79 Å². The minimum atomic E-state index is 0.0427. The Balaban J connectivity index is 1.51. The van der Waals surface area contributed by atoms with Crippen LogP contribution < -0.4 is 10.2 Å². The van der Waals surface area contributed by atoms with Crippen LogP contribution in [0.15, 0.2) is 24.7 Å². The number of nitrogens with zero attached hydrogens (tertiary/aromatic N) is 4. The van der Waals surface area contributed by atoms with Gasteiger partial charge in [-0.05, 0) is 31.7 Å². The van der Waals surface area contributed by atoms with Gasteiger partial charge in [-0.2, -0.15) is 5.10 Å². The quantitative estimate of drug-likeness (QED) is 0.764. The summed E-state index contributed by atoms with van der Waals surface area (Å²) in [5.41, 5.74) is 2.68. The lowest BCUT2D eigenvalue weighted by Gasteiger charge is -2.34. The molecule has 1 saturated heterocycles. The first-order chi connectivity index (χ1) is 12.3. The zero-order valence-corrected chi connectivity index (χ0v) is 13.9. The Bertz CT molecular complexity index is 947. The van der Waals surface area contributed by atoms with Crippen molar-refractivity contribution >= 4 is 33.5 Å². The van der Waals surface area contributed by atoms with Gasteiger partial charge >= 0.3 is 0 Å². The number of H-pyrrole nitrogens is 1. The van der Waals surface area contributed by atoms with E-state index in [0.717, 1.165) is 66.4 Å². The molecule has 0 spiro atoms. The number of anilines is 1. The molecule has 0 radical (unpaired) electrons. The molecule has 7 heteroatoms. The maximum absolute atomic E-state index is 12.5. The molecule has 3 aromatic rings. The van der Waals surface area contributed by atoms with Crippen molar-refractivity contribution < 1.29 is 4.79 Å². The summed E-state index contributed by atoms with van der Waals surface area (Å²) in [5.74, 6) is 0.244. The number of aromatic amines is 1. The van der Waals surface area contributed by atoms with E-state index in [0.29, 0.717) is 6.04 Å². The van der Waals surface area contributed by atoms with Gasteiger partial charge in [0.2, 0.25) is 5.91 Å². The summed E-state index contributed by atoms with van der Waals surface area (Å²) >= 11 is 0. The fourth-order valence-electron chi connectivity index (χ4n) is 3.75. The zero-order chi connectivity index (χ0) is 16.8. The molecule has 1 aliphatic carbocycles. The first kappa shape index (κ1) is 14.6. The first-order valence-corrected chi connectivity index (χ1v) is 8.92. The van der Waals surface area contributed by atoms with Gasteiger partial charge in [0.15, 0.2) is 0 Å². The van der Waals surface area contributed by atoms with Gasteiger partial charge in [0.05, 0.1) is 24.0 Å². The molecule has 0 bridgehead atoms. The molecule has 3 aromatic heterocycles. The molecule has 1 aliphatic heterocycles. The van der Waals surface area contributed by atoms with Crippen LogP contribution in [0.4, 0.5) is 5.69 Å². The van der Waals surface area contributed by atoms with E-state index in [-0.39, 0.29) is 11.8 Å². The van der Waals surface area contributed by atoms with E-state index < -0.39 is 0 Å². The molecule has 7 nitrogen and oxygen atoms in total. The van der Waals surface area contributed by atoms with Crippen molar-refractivity contribution in [2.24, 2.45) is 5.92 Å². The molecule has 1 saturated carbocycles. The average molecular weight is 336 g/mol. The monoisotopic (exact) mass is 336 g/mol. The fourth-order valence-corrected chi connectivity index (χ4v) is 3.75. The second-order valence-electron chi connectivity index (χ2n) is 7.06. The number of piperidine rings is 1. The predicted molar refractivity (Wildman–Crippen MR) is 95.3 cm³/mol. The summed E-state index contributed by atoms with van der Waals surface area (Å²) in [6.07, 6.45) is 9.67. The summed E-state index contributed by atoms with van der Waals surface area (Å²) in [6, 6.07) is 2.44. The topological polar surface area (TPSA) is 86.8 Å². The van der Waals surface area contributed by atoms with E-state index >= 15 is 0 Å². The van der Waals surface area contributed by atoms with Gasteiger partial charge in [0, 0.05) is 36.1 Å². The fraction of sp³-hybridized carbons (Fsp3) is 0.444. The maximum Gasteiger partial charge on any atom is 0.225 e. The van der Waals surface area contributed by atoms with Crippen LogP contribution >= 0.6 is 0 Å². The lowest BCUT2D eigenvalue weighted by atomic mass is 9.96. The van der Waals surface area contributed by atoms with E-state index in [4.69, 9.17) is 0 Å². The average Bonchev–Trinajstić information content (AvgIpc) is 3.33. The van der Waals surface area contributed by atoms with Crippen LogP contribution in [0, 0.1) is 5.92 Å². The van der Waals surface area contributed by atoms with Crippen LogP contribution in [0.2, 0.25) is 0 Å². The number of hydrogen-bond acceptors (Lipinski definition) is 5. The minimum absolute atomic E-state index is 0.0427. The van der Waals surface area contributed by atoms with Crippen LogP contribution in [0.5, 0.6) is 0 Å². The molecule has 4 heterocycles. The third-order valence-electron chi connectivity index (χ3n) is 5.22. The summed E-state index contributed by atoms with van der Waals surface area (Å²) in [5, 5.41) is 13.7. The molecule has 1 unspecified atom stereocenters. The number of rotatable bonds is 3. The van der Waals surface area contributed by atoms with Gasteiger partial charge in [-0.15, -0.1) is 5.10 Å². The molecule has 0 aromatic carbocycles.